The predicted octanol–water partition coefficient (Wildman–Crippen LogP) is 4.03. The van der Waals surface area contributed by atoms with Crippen LogP contribution in [0.2, 0.25) is 0 Å². The fourth-order valence-electron chi connectivity index (χ4n) is 4.85. The van der Waals surface area contributed by atoms with Crippen molar-refractivity contribution in [3.05, 3.63) is 35.4 Å². The van der Waals surface area contributed by atoms with Gasteiger partial charge in [-0.15, -0.1) is 0 Å². The van der Waals surface area contributed by atoms with E-state index in [2.05, 4.69) is 38.1 Å². The van der Waals surface area contributed by atoms with Crippen LogP contribution in [0.1, 0.15) is 83.3 Å². The SMILES string of the molecule is CCc1ccc(CC(C)CCCCCCCCC(C)[C@@H]2O[C@H](CO)[C@@H](O)[C@H](O)[C@H]2O)cc1. The number of unbranched alkanes of at least 4 members (excludes halogenated alkanes) is 5. The molecule has 4 N–H and O–H groups in total. The number of aliphatic hydroxyl groups is 4. The number of aliphatic hydroxyl groups excluding tert-OH is 4. The van der Waals surface area contributed by atoms with Crippen molar-refractivity contribution in [3.63, 3.8) is 0 Å². The van der Waals surface area contributed by atoms with E-state index >= 15 is 0 Å². The Bertz CT molecular complexity index is 617. The average Bonchev–Trinajstić information content (AvgIpc) is 2.79. The van der Waals surface area contributed by atoms with E-state index in [1.165, 1.54) is 49.7 Å². The number of rotatable bonds is 14. The summed E-state index contributed by atoms with van der Waals surface area (Å²) in [6, 6.07) is 9.06. The van der Waals surface area contributed by atoms with Crippen LogP contribution in [0.3, 0.4) is 0 Å². The Hall–Kier alpha value is -0.980. The smallest absolute Gasteiger partial charge is 0.111 e. The molecule has 1 fully saturated rings. The van der Waals surface area contributed by atoms with Gasteiger partial charge in [0, 0.05) is 0 Å². The van der Waals surface area contributed by atoms with Crippen molar-refractivity contribution in [3.8, 4) is 0 Å². The zero-order valence-electron chi connectivity index (χ0n) is 20.3. The lowest BCUT2D eigenvalue weighted by Gasteiger charge is -2.42. The zero-order valence-corrected chi connectivity index (χ0v) is 20.3. The predicted molar refractivity (Wildman–Crippen MR) is 129 cm³/mol. The third kappa shape index (κ3) is 8.42. The van der Waals surface area contributed by atoms with Crippen molar-refractivity contribution in [2.45, 2.75) is 115 Å². The van der Waals surface area contributed by atoms with E-state index in [1.807, 2.05) is 6.92 Å². The summed E-state index contributed by atoms with van der Waals surface area (Å²) in [5, 5.41) is 39.4. The van der Waals surface area contributed by atoms with Gasteiger partial charge in [0.05, 0.1) is 12.7 Å². The van der Waals surface area contributed by atoms with E-state index in [9.17, 15) is 20.4 Å². The summed E-state index contributed by atoms with van der Waals surface area (Å²) in [6.45, 7) is 6.19. The first-order valence-corrected chi connectivity index (χ1v) is 12.8. The molecule has 2 rings (SSSR count). The molecule has 1 heterocycles. The molecule has 0 aliphatic carbocycles. The highest BCUT2D eigenvalue weighted by molar-refractivity contribution is 5.22. The zero-order chi connectivity index (χ0) is 23.5. The topological polar surface area (TPSA) is 90.2 Å². The Balaban J connectivity index is 1.53. The number of aryl methyl sites for hydroxylation is 1. The van der Waals surface area contributed by atoms with Gasteiger partial charge in [-0.1, -0.05) is 90.0 Å². The Morgan fingerprint density at radius 1 is 0.781 bits per heavy atom. The first kappa shape index (κ1) is 27.3. The molecule has 1 saturated heterocycles. The van der Waals surface area contributed by atoms with E-state index in [0.29, 0.717) is 0 Å². The Labute approximate surface area is 194 Å². The minimum absolute atomic E-state index is 0.0634. The minimum Gasteiger partial charge on any atom is -0.394 e. The van der Waals surface area contributed by atoms with Gasteiger partial charge in [0.15, 0.2) is 0 Å². The van der Waals surface area contributed by atoms with Gasteiger partial charge in [-0.2, -0.15) is 0 Å². The number of hydrogen-bond donors (Lipinski definition) is 4. The second-order valence-corrected chi connectivity index (χ2v) is 9.95. The van der Waals surface area contributed by atoms with Crippen LogP contribution < -0.4 is 0 Å². The van der Waals surface area contributed by atoms with Crippen LogP contribution in [0.4, 0.5) is 0 Å². The molecule has 0 bridgehead atoms. The minimum atomic E-state index is -1.27. The highest BCUT2D eigenvalue weighted by atomic mass is 16.5. The van der Waals surface area contributed by atoms with Gasteiger partial charge in [0.2, 0.25) is 0 Å². The first-order chi connectivity index (χ1) is 15.4. The van der Waals surface area contributed by atoms with Crippen LogP contribution in [-0.4, -0.2) is 57.6 Å². The van der Waals surface area contributed by atoms with Crippen molar-refractivity contribution < 1.29 is 25.2 Å². The van der Waals surface area contributed by atoms with Crippen molar-refractivity contribution in [2.24, 2.45) is 11.8 Å². The van der Waals surface area contributed by atoms with E-state index in [1.54, 1.807) is 0 Å². The summed E-state index contributed by atoms with van der Waals surface area (Å²) in [7, 11) is 0. The van der Waals surface area contributed by atoms with Crippen LogP contribution in [0.25, 0.3) is 0 Å². The summed E-state index contributed by atoms with van der Waals surface area (Å²) in [6.07, 6.45) is 6.68. The van der Waals surface area contributed by atoms with Gasteiger partial charge >= 0.3 is 0 Å². The fraction of sp³-hybridized carbons (Fsp3) is 0.778. The number of ether oxygens (including phenoxy) is 1. The Morgan fingerprint density at radius 2 is 1.34 bits per heavy atom. The summed E-state index contributed by atoms with van der Waals surface area (Å²) in [4.78, 5) is 0. The standard InChI is InChI=1S/C27H46O5/c1-4-21-13-15-22(16-14-21)17-19(2)11-9-7-5-6-8-10-12-20(3)27-26(31)25(30)24(29)23(18-28)32-27/h13-16,19-20,23-31H,4-12,17-18H2,1-3H3/t19?,20?,23-,24-,25+,26-,27+/m1/s1. The summed E-state index contributed by atoms with van der Waals surface area (Å²) in [5.74, 6) is 0.787. The summed E-state index contributed by atoms with van der Waals surface area (Å²) in [5.41, 5.74) is 2.85. The molecule has 1 aromatic rings. The van der Waals surface area contributed by atoms with Gasteiger partial charge < -0.3 is 25.2 Å². The van der Waals surface area contributed by atoms with Crippen molar-refractivity contribution >= 4 is 0 Å². The maximum atomic E-state index is 10.2. The average molecular weight is 451 g/mol. The molecular weight excluding hydrogens is 404 g/mol. The molecule has 0 spiro atoms. The largest absolute Gasteiger partial charge is 0.394 e. The van der Waals surface area contributed by atoms with E-state index in [4.69, 9.17) is 4.74 Å². The molecule has 0 radical (unpaired) electrons. The summed E-state index contributed by atoms with van der Waals surface area (Å²) >= 11 is 0. The van der Waals surface area contributed by atoms with Crippen LogP contribution in [0.15, 0.2) is 24.3 Å². The second-order valence-electron chi connectivity index (χ2n) is 9.95. The highest BCUT2D eigenvalue weighted by Crippen LogP contribution is 2.28. The Morgan fingerprint density at radius 3 is 1.94 bits per heavy atom. The molecule has 1 aliphatic heterocycles. The molecule has 1 aliphatic rings. The molecule has 2 unspecified atom stereocenters. The first-order valence-electron chi connectivity index (χ1n) is 12.8. The van der Waals surface area contributed by atoms with Gasteiger partial charge in [-0.3, -0.25) is 0 Å². The third-order valence-corrected chi connectivity index (χ3v) is 7.11. The lowest BCUT2D eigenvalue weighted by atomic mass is 9.86. The number of hydrogen-bond acceptors (Lipinski definition) is 5. The molecule has 5 nitrogen and oxygen atoms in total. The molecule has 7 atom stereocenters. The fourth-order valence-corrected chi connectivity index (χ4v) is 4.85. The normalized spacial score (nSPS) is 27.9. The van der Waals surface area contributed by atoms with Crippen LogP contribution in [0.5, 0.6) is 0 Å². The number of benzene rings is 1. The summed E-state index contributed by atoms with van der Waals surface area (Å²) < 4.78 is 5.67. The lowest BCUT2D eigenvalue weighted by Crippen LogP contribution is -2.60. The van der Waals surface area contributed by atoms with Crippen LogP contribution in [0, 0.1) is 11.8 Å². The van der Waals surface area contributed by atoms with Gasteiger partial charge in [0.25, 0.3) is 0 Å². The monoisotopic (exact) mass is 450 g/mol. The molecule has 184 valence electrons. The van der Waals surface area contributed by atoms with Gasteiger partial charge in [0.1, 0.15) is 24.4 Å². The molecule has 1 aromatic carbocycles. The van der Waals surface area contributed by atoms with Crippen molar-refractivity contribution in [1.82, 2.24) is 0 Å². The third-order valence-electron chi connectivity index (χ3n) is 7.11. The van der Waals surface area contributed by atoms with Gasteiger partial charge in [-0.05, 0) is 42.2 Å². The van der Waals surface area contributed by atoms with E-state index < -0.39 is 30.5 Å². The van der Waals surface area contributed by atoms with Crippen molar-refractivity contribution in [2.75, 3.05) is 6.61 Å². The van der Waals surface area contributed by atoms with Crippen molar-refractivity contribution in [1.29, 1.82) is 0 Å². The molecule has 0 aromatic heterocycles. The van der Waals surface area contributed by atoms with E-state index in [0.717, 1.165) is 31.6 Å². The molecular formula is C27H46O5. The molecule has 32 heavy (non-hydrogen) atoms. The second kappa shape index (κ2) is 14.3. The van der Waals surface area contributed by atoms with E-state index in [-0.39, 0.29) is 12.5 Å². The Kier molecular flexibility index (Phi) is 12.2. The molecule has 5 heteroatoms. The maximum absolute atomic E-state index is 10.2. The molecule has 0 saturated carbocycles. The lowest BCUT2D eigenvalue weighted by molar-refractivity contribution is -0.240. The molecule has 0 amide bonds. The highest BCUT2D eigenvalue weighted by Gasteiger charge is 2.44. The van der Waals surface area contributed by atoms with Crippen LogP contribution >= 0.6 is 0 Å². The quantitative estimate of drug-likeness (QED) is 0.321. The maximum Gasteiger partial charge on any atom is 0.111 e. The van der Waals surface area contributed by atoms with Gasteiger partial charge in [-0.25, -0.2) is 0 Å². The van der Waals surface area contributed by atoms with Crippen LogP contribution in [-0.2, 0) is 17.6 Å².